The van der Waals surface area contributed by atoms with E-state index in [0.717, 1.165) is 43.8 Å². The third-order valence-corrected chi connectivity index (χ3v) is 17.6. The number of hydrogen-bond donors (Lipinski definition) is 0. The van der Waals surface area contributed by atoms with Crippen LogP contribution in [0, 0.1) is 0 Å². The first-order valence-electron chi connectivity index (χ1n) is 31.3. The molecule has 0 heterocycles. The monoisotopic (exact) mass is 1070 g/mol. The molecule has 0 atom stereocenters. The average molecular weight is 1070 g/mol. The summed E-state index contributed by atoms with van der Waals surface area (Å²) in [5.74, 6) is 0. The van der Waals surface area contributed by atoms with Gasteiger partial charge in [0.05, 0.1) is 6.85 Å². The first-order valence-corrected chi connectivity index (χ1v) is 28.8. The van der Waals surface area contributed by atoms with Gasteiger partial charge in [-0.3, -0.25) is 0 Å². The van der Waals surface area contributed by atoms with Crippen LogP contribution in [0.25, 0.3) is 174 Å². The molecule has 0 saturated heterocycles. The quantitative estimate of drug-likeness (QED) is 0.115. The lowest BCUT2D eigenvalue weighted by Crippen LogP contribution is -1.91. The van der Waals surface area contributed by atoms with Crippen LogP contribution in [0.4, 0.5) is 0 Å². The Labute approximate surface area is 494 Å². The van der Waals surface area contributed by atoms with Crippen molar-refractivity contribution in [3.63, 3.8) is 0 Å². The fourth-order valence-corrected chi connectivity index (χ4v) is 13.8. The Morgan fingerprint density at radius 2 is 0.571 bits per heavy atom. The Morgan fingerprint density at radius 1 is 0.179 bits per heavy atom. The van der Waals surface area contributed by atoms with Gasteiger partial charge in [-0.25, -0.2) is 0 Å². The highest BCUT2D eigenvalue weighted by Gasteiger charge is 2.20. The van der Waals surface area contributed by atoms with E-state index < -0.39 is 6.04 Å². The van der Waals surface area contributed by atoms with Crippen molar-refractivity contribution >= 4 is 108 Å². The van der Waals surface area contributed by atoms with Crippen LogP contribution in [0.1, 0.15) is 6.85 Å². The van der Waals surface area contributed by atoms with Gasteiger partial charge in [-0.05, 0) is 199 Å². The Bertz CT molecular complexity index is 5630. The van der Waals surface area contributed by atoms with Crippen LogP contribution in [-0.2, 0) is 0 Å². The number of benzene rings is 18. The van der Waals surface area contributed by atoms with Crippen molar-refractivity contribution in [1.29, 1.82) is 0 Å². The summed E-state index contributed by atoms with van der Waals surface area (Å²) in [6.45, 7) is 0. The van der Waals surface area contributed by atoms with E-state index in [-0.39, 0.29) is 29.7 Å². The number of fused-ring (bicyclic) bond motifs is 4. The molecule has 18 rings (SSSR count). The molecule has 0 heteroatoms. The zero-order valence-corrected chi connectivity index (χ0v) is 45.6. The van der Waals surface area contributed by atoms with Crippen molar-refractivity contribution in [1.82, 2.24) is 0 Å². The van der Waals surface area contributed by atoms with E-state index in [2.05, 4.69) is 273 Å². The first-order chi connectivity index (χ1) is 43.7. The molecule has 0 aliphatic heterocycles. The average Bonchev–Trinajstić information content (AvgIpc) is 0.921. The summed E-state index contributed by atoms with van der Waals surface area (Å²) >= 11 is 0. The van der Waals surface area contributed by atoms with Gasteiger partial charge >= 0.3 is 0 Å². The lowest BCUT2D eigenvalue weighted by atomic mass is 9.84. The summed E-state index contributed by atoms with van der Waals surface area (Å²) < 4.78 is 43.0. The molecule has 84 heavy (non-hydrogen) atoms. The van der Waals surface area contributed by atoms with Crippen molar-refractivity contribution in [3.8, 4) is 66.8 Å². The molecule has 0 spiro atoms. The Balaban J connectivity index is 0.000000141. The molecule has 0 N–H and O–H groups in total. The second-order valence-electron chi connectivity index (χ2n) is 22.2. The fourth-order valence-electron chi connectivity index (χ4n) is 13.8. The normalized spacial score (nSPS) is 12.6. The number of hydrogen-bond acceptors (Lipinski definition) is 0. The van der Waals surface area contributed by atoms with Crippen molar-refractivity contribution in [3.05, 3.63) is 315 Å². The zero-order chi connectivity index (χ0) is 59.6. The largest absolute Gasteiger partial charge is 0.0629 e. The van der Waals surface area contributed by atoms with Crippen LogP contribution in [0.5, 0.6) is 0 Å². The molecule has 0 radical (unpaired) electrons. The third kappa shape index (κ3) is 7.76. The van der Waals surface area contributed by atoms with Crippen molar-refractivity contribution in [2.45, 2.75) is 0 Å². The lowest BCUT2D eigenvalue weighted by molar-refractivity contribution is 1.59. The Kier molecular flexibility index (Phi) is 9.90. The van der Waals surface area contributed by atoms with Crippen molar-refractivity contribution in [2.24, 2.45) is 0 Å². The molecule has 0 unspecified atom stereocenters. The van der Waals surface area contributed by atoms with Crippen molar-refractivity contribution in [2.75, 3.05) is 0 Å². The molecule has 18 aromatic carbocycles. The van der Waals surface area contributed by atoms with Crippen LogP contribution in [-0.4, -0.2) is 0 Å². The summed E-state index contributed by atoms with van der Waals surface area (Å²) in [6.07, 6.45) is 0. The Hall–Kier alpha value is -10.9. The van der Waals surface area contributed by atoms with Gasteiger partial charge in [0.25, 0.3) is 0 Å². The van der Waals surface area contributed by atoms with E-state index >= 15 is 0 Å². The van der Waals surface area contributed by atoms with E-state index in [1.54, 1.807) is 0 Å². The van der Waals surface area contributed by atoms with Gasteiger partial charge in [-0.1, -0.05) is 291 Å². The smallest absolute Gasteiger partial charge is 0.0622 e. The minimum absolute atomic E-state index is 0.199. The van der Waals surface area contributed by atoms with Gasteiger partial charge < -0.3 is 0 Å². The van der Waals surface area contributed by atoms with Crippen LogP contribution >= 0.6 is 0 Å². The maximum atomic E-state index is 8.90. The van der Waals surface area contributed by atoms with Gasteiger partial charge in [-0.15, -0.1) is 0 Å². The molecule has 388 valence electrons. The van der Waals surface area contributed by atoms with E-state index in [1.807, 2.05) is 12.1 Å². The predicted octanol–water partition coefficient (Wildman–Crippen LogP) is 23.8. The molecule has 0 amide bonds. The molecular formula is C84H52. The third-order valence-electron chi connectivity index (χ3n) is 17.6. The van der Waals surface area contributed by atoms with Crippen molar-refractivity contribution < 1.29 is 6.85 Å². The van der Waals surface area contributed by atoms with Crippen LogP contribution in [0.3, 0.4) is 0 Å². The topological polar surface area (TPSA) is 0 Å². The minimum Gasteiger partial charge on any atom is -0.0622 e. The molecule has 0 aliphatic rings. The summed E-state index contributed by atoms with van der Waals surface area (Å²) in [6, 6.07) is 101. The van der Waals surface area contributed by atoms with Gasteiger partial charge in [0.2, 0.25) is 0 Å². The Morgan fingerprint density at radius 3 is 1.14 bits per heavy atom. The second kappa shape index (κ2) is 19.4. The summed E-state index contributed by atoms with van der Waals surface area (Å²) in [5, 5.41) is 24.4. The first kappa shape index (κ1) is 42.9. The van der Waals surface area contributed by atoms with E-state index in [0.29, 0.717) is 5.56 Å². The van der Waals surface area contributed by atoms with Crippen LogP contribution in [0.2, 0.25) is 0 Å². The molecule has 0 aliphatic carbocycles. The molecule has 18 aromatic rings. The molecular weight excluding hydrogens is 1010 g/mol. The van der Waals surface area contributed by atoms with Gasteiger partial charge in [-0.2, -0.15) is 0 Å². The maximum Gasteiger partial charge on any atom is 0.0629 e. The highest BCUT2D eigenvalue weighted by atomic mass is 14.2. The molecule has 0 aromatic heterocycles. The second-order valence-corrected chi connectivity index (χ2v) is 22.2. The highest BCUT2D eigenvalue weighted by Crippen LogP contribution is 2.47. The molecule has 0 fully saturated rings. The highest BCUT2D eigenvalue weighted by molar-refractivity contribution is 6.28. The summed E-state index contributed by atoms with van der Waals surface area (Å²) in [4.78, 5) is 0. The fraction of sp³-hybridized carbons (Fsp3) is 0. The SMILES string of the molecule is [2H]c1c([2H])c([2H])c(-c2cc(-c3ccc4ccc5cccc6ccc3c4c56)cc(-c3ccc4ccc5cccc6ccc3c4c56)c2)c([2H])c1[2H].c1ccc2cc(-c3ccc(-c4c5ccccc5c(-c5cccc6ccccc56)c5ccccc45)cc3)ccc2c1. The minimum atomic E-state index is -0.395. The summed E-state index contributed by atoms with van der Waals surface area (Å²) in [5.41, 5.74) is 12.3. The maximum absolute atomic E-state index is 8.90. The lowest BCUT2D eigenvalue weighted by Gasteiger charge is -2.19. The van der Waals surface area contributed by atoms with Crippen LogP contribution in [0.15, 0.2) is 315 Å². The molecule has 0 nitrogen and oxygen atoms in total. The summed E-state index contributed by atoms with van der Waals surface area (Å²) in [7, 11) is 0. The van der Waals surface area contributed by atoms with E-state index in [1.165, 1.54) is 120 Å². The zero-order valence-electron chi connectivity index (χ0n) is 50.6. The standard InChI is InChI=1S/C44H26.C40H26/c1-2-6-27(7-3-1)34-24-35(37-20-16-32-14-12-28-8-4-10-30-18-22-39(37)43(32)41(28)30)26-36(25-34)38-21-17-33-15-13-29-9-5-11-31-19-23-40(38)44(33)42(29)31;1-2-12-31-26-32(25-22-27(31)10-1)28-20-23-30(24-21-28)39-35-15-5-7-17-37(35)40(38-18-8-6-16-36(38)39)34-19-9-13-29-11-3-4-14-33(29)34/h1-26H;1-26H/i1D,2D,3D,6D,7D;. The van der Waals surface area contributed by atoms with Crippen LogP contribution < -0.4 is 0 Å². The number of rotatable bonds is 6. The van der Waals surface area contributed by atoms with E-state index in [9.17, 15) is 0 Å². The molecule has 0 bridgehead atoms. The van der Waals surface area contributed by atoms with Gasteiger partial charge in [0.15, 0.2) is 0 Å². The van der Waals surface area contributed by atoms with Gasteiger partial charge in [0, 0.05) is 0 Å². The van der Waals surface area contributed by atoms with E-state index in [4.69, 9.17) is 6.85 Å². The van der Waals surface area contributed by atoms with Gasteiger partial charge in [0.1, 0.15) is 0 Å². The molecule has 0 saturated carbocycles. The predicted molar refractivity (Wildman–Crippen MR) is 363 cm³/mol.